The van der Waals surface area contributed by atoms with Crippen molar-refractivity contribution in [1.82, 2.24) is 4.98 Å². The monoisotopic (exact) mass is 229 g/mol. The van der Waals surface area contributed by atoms with Crippen LogP contribution in [0, 0.1) is 0 Å². The van der Waals surface area contributed by atoms with Gasteiger partial charge in [-0.1, -0.05) is 5.16 Å². The number of nitrogen functional groups attached to an aromatic ring is 1. The van der Waals surface area contributed by atoms with Gasteiger partial charge in [-0.25, -0.2) is 14.6 Å². The maximum Gasteiger partial charge on any atom is 0.350 e. The van der Waals surface area contributed by atoms with Crippen LogP contribution in [0.5, 0.6) is 0 Å². The molecule has 15 heavy (non-hydrogen) atoms. The first-order chi connectivity index (χ1) is 7.08. The molecule has 0 aliphatic heterocycles. The number of nitrogens with two attached hydrogens (primary N) is 1. The molecule has 0 fully saturated rings. The minimum Gasteiger partial charge on any atom is -0.477 e. The van der Waals surface area contributed by atoms with Crippen molar-refractivity contribution in [2.45, 2.75) is 6.42 Å². The molecule has 0 amide bonds. The molecule has 3 N–H and O–H groups in total. The Balaban J connectivity index is 2.40. The van der Waals surface area contributed by atoms with Crippen LogP contribution in [0.4, 0.5) is 5.13 Å². The second-order valence-corrected chi connectivity index (χ2v) is 3.28. The highest BCUT2D eigenvalue weighted by Gasteiger charge is 2.07. The Morgan fingerprint density at radius 2 is 2.47 bits per heavy atom. The van der Waals surface area contributed by atoms with Crippen LogP contribution in [0.3, 0.4) is 0 Å². The van der Waals surface area contributed by atoms with E-state index in [-0.39, 0.29) is 6.42 Å². The molecular formula is C7H7N3O4S. The highest BCUT2D eigenvalue weighted by atomic mass is 32.1. The number of aliphatic carboxylic acids is 1. The van der Waals surface area contributed by atoms with E-state index in [1.807, 2.05) is 0 Å². The Bertz CT molecular complexity index is 401. The summed E-state index contributed by atoms with van der Waals surface area (Å²) in [6.07, 6.45) is 0.387. The summed E-state index contributed by atoms with van der Waals surface area (Å²) in [7, 11) is 0. The van der Waals surface area contributed by atoms with Gasteiger partial charge >= 0.3 is 11.9 Å². The predicted octanol–water partition coefficient (Wildman–Crippen LogP) is -0.119. The van der Waals surface area contributed by atoms with Crippen LogP contribution in [0.15, 0.2) is 10.5 Å². The number of anilines is 1. The third-order valence-corrected chi connectivity index (χ3v) is 1.94. The van der Waals surface area contributed by atoms with Gasteiger partial charge in [0.25, 0.3) is 0 Å². The number of hydrogen-bond donors (Lipinski definition) is 2. The fraction of sp³-hybridized carbons (Fsp3) is 0.143. The summed E-state index contributed by atoms with van der Waals surface area (Å²) in [6.45, 7) is 0. The molecule has 0 aromatic carbocycles. The molecule has 7 nitrogen and oxygen atoms in total. The molecule has 0 aliphatic rings. The van der Waals surface area contributed by atoms with Gasteiger partial charge in [-0.3, -0.25) is 0 Å². The van der Waals surface area contributed by atoms with Crippen LogP contribution >= 0.6 is 11.3 Å². The summed E-state index contributed by atoms with van der Waals surface area (Å²) in [5, 5.41) is 13.1. The fourth-order valence-electron chi connectivity index (χ4n) is 0.714. The Morgan fingerprint density at radius 3 is 3.00 bits per heavy atom. The van der Waals surface area contributed by atoms with Crippen molar-refractivity contribution in [3.8, 4) is 0 Å². The second-order valence-electron chi connectivity index (χ2n) is 2.39. The lowest BCUT2D eigenvalue weighted by Crippen LogP contribution is -2.06. The molecule has 0 unspecified atom stereocenters. The lowest BCUT2D eigenvalue weighted by atomic mass is 10.3. The molecule has 1 rings (SSSR count). The van der Waals surface area contributed by atoms with Gasteiger partial charge in [-0.2, -0.15) is 0 Å². The van der Waals surface area contributed by atoms with E-state index in [0.717, 1.165) is 0 Å². The molecule has 80 valence electrons. The zero-order chi connectivity index (χ0) is 11.3. The van der Waals surface area contributed by atoms with Crippen molar-refractivity contribution in [2.24, 2.45) is 5.16 Å². The van der Waals surface area contributed by atoms with E-state index in [1.54, 1.807) is 5.38 Å². The van der Waals surface area contributed by atoms with E-state index < -0.39 is 11.9 Å². The normalized spacial score (nSPS) is 10.4. The van der Waals surface area contributed by atoms with Crippen molar-refractivity contribution < 1.29 is 19.5 Å². The van der Waals surface area contributed by atoms with Gasteiger partial charge in [0.15, 0.2) is 11.3 Å². The van der Waals surface area contributed by atoms with Crippen molar-refractivity contribution in [2.75, 3.05) is 5.73 Å². The van der Waals surface area contributed by atoms with E-state index in [2.05, 4.69) is 15.0 Å². The molecule has 0 saturated heterocycles. The van der Waals surface area contributed by atoms with Gasteiger partial charge in [-0.05, 0) is 0 Å². The van der Waals surface area contributed by atoms with Crippen LogP contribution < -0.4 is 5.73 Å². The summed E-state index contributed by atoms with van der Waals surface area (Å²) in [5.74, 6) is -1.99. The number of thiazole rings is 1. The van der Waals surface area contributed by atoms with Crippen molar-refractivity contribution in [1.29, 1.82) is 0 Å². The first-order valence-corrected chi connectivity index (χ1v) is 4.62. The average molecular weight is 229 g/mol. The summed E-state index contributed by atoms with van der Waals surface area (Å²) in [6, 6.07) is 0. The van der Waals surface area contributed by atoms with Crippen LogP contribution in [0.25, 0.3) is 0 Å². The van der Waals surface area contributed by atoms with Gasteiger partial charge in [0.2, 0.25) is 0 Å². The zero-order valence-corrected chi connectivity index (χ0v) is 8.23. The average Bonchev–Trinajstić information content (AvgIpc) is 2.50. The summed E-state index contributed by atoms with van der Waals surface area (Å²) in [4.78, 5) is 29.0. The number of carboxylic acid groups (broad SMARTS) is 1. The third-order valence-electron chi connectivity index (χ3n) is 1.21. The molecule has 8 heteroatoms. The molecule has 0 spiro atoms. The van der Waals surface area contributed by atoms with Crippen LogP contribution in [0.1, 0.15) is 5.69 Å². The molecule has 0 aliphatic carbocycles. The van der Waals surface area contributed by atoms with E-state index >= 15 is 0 Å². The largest absolute Gasteiger partial charge is 0.477 e. The van der Waals surface area contributed by atoms with Gasteiger partial charge < -0.3 is 15.7 Å². The Kier molecular flexibility index (Phi) is 3.75. The highest BCUT2D eigenvalue weighted by Crippen LogP contribution is 2.11. The van der Waals surface area contributed by atoms with E-state index in [1.165, 1.54) is 11.3 Å². The van der Waals surface area contributed by atoms with Gasteiger partial charge in [0, 0.05) is 5.38 Å². The van der Waals surface area contributed by atoms with E-state index in [0.29, 0.717) is 17.0 Å². The summed E-state index contributed by atoms with van der Waals surface area (Å²) in [5.41, 5.74) is 5.81. The van der Waals surface area contributed by atoms with Crippen LogP contribution in [0.2, 0.25) is 0 Å². The number of aromatic nitrogens is 1. The van der Waals surface area contributed by atoms with Gasteiger partial charge in [0.1, 0.15) is 0 Å². The molecular weight excluding hydrogens is 222 g/mol. The van der Waals surface area contributed by atoms with Crippen molar-refractivity contribution in [3.05, 3.63) is 11.1 Å². The molecule has 0 radical (unpaired) electrons. The number of hydrogen-bond acceptors (Lipinski definition) is 7. The smallest absolute Gasteiger partial charge is 0.350 e. The molecule has 0 bridgehead atoms. The maximum absolute atomic E-state index is 11.0. The number of carbonyl (C=O) groups excluding carboxylic acids is 1. The van der Waals surface area contributed by atoms with Crippen molar-refractivity contribution in [3.63, 3.8) is 0 Å². The number of oxime groups is 1. The topological polar surface area (TPSA) is 115 Å². The highest BCUT2D eigenvalue weighted by molar-refractivity contribution is 7.13. The minimum absolute atomic E-state index is 0.0926. The minimum atomic E-state index is -1.29. The lowest BCUT2D eigenvalue weighted by Gasteiger charge is -1.93. The first-order valence-electron chi connectivity index (χ1n) is 3.74. The number of nitrogens with zero attached hydrogens (tertiary/aromatic N) is 2. The van der Waals surface area contributed by atoms with Crippen LogP contribution in [-0.4, -0.2) is 28.2 Å². The number of carbonyl (C=O) groups is 2. The predicted molar refractivity (Wildman–Crippen MR) is 52.5 cm³/mol. The quantitative estimate of drug-likeness (QED) is 0.422. The zero-order valence-electron chi connectivity index (χ0n) is 7.41. The molecule has 1 heterocycles. The standard InChI is InChI=1S/C7H7N3O4S/c8-7-10-4(3-15-7)1-6(13)14-9-2-5(11)12/h2-3H,1H2,(H2,8,10)(H,11,12)/b9-2-. The summed E-state index contributed by atoms with van der Waals surface area (Å²) >= 11 is 1.20. The second kappa shape index (κ2) is 5.05. The molecule has 1 aromatic heterocycles. The van der Waals surface area contributed by atoms with Crippen LogP contribution in [-0.2, 0) is 20.8 Å². The maximum atomic E-state index is 11.0. The molecule has 1 aromatic rings. The van der Waals surface area contributed by atoms with Gasteiger partial charge in [-0.15, -0.1) is 11.3 Å². The molecule has 0 saturated carbocycles. The van der Waals surface area contributed by atoms with E-state index in [4.69, 9.17) is 10.8 Å². The fourth-order valence-corrected chi connectivity index (χ4v) is 1.28. The third kappa shape index (κ3) is 4.18. The van der Waals surface area contributed by atoms with Crippen molar-refractivity contribution >= 4 is 34.6 Å². The Hall–Kier alpha value is -1.96. The Labute approximate surface area is 88.2 Å². The molecule has 0 atom stereocenters. The number of carboxylic acids is 1. The first kappa shape index (κ1) is 11.1. The number of rotatable bonds is 4. The van der Waals surface area contributed by atoms with E-state index in [9.17, 15) is 9.59 Å². The SMILES string of the molecule is Nc1nc(CC(=O)O/N=C\C(=O)O)cs1. The Morgan fingerprint density at radius 1 is 1.73 bits per heavy atom. The summed E-state index contributed by atoms with van der Waals surface area (Å²) < 4.78 is 0. The lowest BCUT2D eigenvalue weighted by molar-refractivity contribution is -0.142. The van der Waals surface area contributed by atoms with Gasteiger partial charge in [0.05, 0.1) is 12.1 Å².